The maximum absolute atomic E-state index is 15.4. The summed E-state index contributed by atoms with van der Waals surface area (Å²) in [4.78, 5) is 4.21. The maximum atomic E-state index is 15.4. The highest BCUT2D eigenvalue weighted by Crippen LogP contribution is 2.65. The van der Waals surface area contributed by atoms with E-state index in [1.807, 2.05) is 27.7 Å². The maximum Gasteiger partial charge on any atom is 0.380 e. The van der Waals surface area contributed by atoms with Crippen LogP contribution in [0.15, 0.2) is 12.1 Å². The van der Waals surface area contributed by atoms with Gasteiger partial charge in [-0.15, -0.1) is 22.7 Å². The standard InChI is InChI=1S/C25H32F6N2S2/c1-7-32(8-2)13-19-17(11-15(5)34-19)21-22(24(28,29)25(30,31)23(21,26)27)18-12-16(6)35-20(18)14-33(9-3)10-4/h11-12H,7-10,13-14H2,1-6H3/p+2. The van der Waals surface area contributed by atoms with E-state index >= 15 is 17.6 Å². The van der Waals surface area contributed by atoms with E-state index in [0.29, 0.717) is 58.8 Å². The van der Waals surface area contributed by atoms with E-state index in [2.05, 4.69) is 0 Å². The fourth-order valence-electron chi connectivity index (χ4n) is 4.70. The normalized spacial score (nSPS) is 18.9. The lowest BCUT2D eigenvalue weighted by Crippen LogP contribution is -3.10. The van der Waals surface area contributed by atoms with Crippen molar-refractivity contribution in [2.45, 2.75) is 72.4 Å². The topological polar surface area (TPSA) is 8.88 Å². The molecule has 0 unspecified atom stereocenters. The fraction of sp³-hybridized carbons (Fsp3) is 0.600. The molecule has 35 heavy (non-hydrogen) atoms. The zero-order chi connectivity index (χ0) is 26.3. The molecule has 0 aromatic carbocycles. The molecule has 0 saturated heterocycles. The summed E-state index contributed by atoms with van der Waals surface area (Å²) in [5, 5.41) is 0. The van der Waals surface area contributed by atoms with Gasteiger partial charge in [0.15, 0.2) is 0 Å². The molecule has 2 aromatic heterocycles. The smallest absolute Gasteiger partial charge is 0.331 e. The Kier molecular flexibility index (Phi) is 8.21. The number of rotatable bonds is 10. The summed E-state index contributed by atoms with van der Waals surface area (Å²) in [7, 11) is 0. The van der Waals surface area contributed by atoms with Gasteiger partial charge in [0.2, 0.25) is 0 Å². The van der Waals surface area contributed by atoms with Gasteiger partial charge in [0.1, 0.15) is 13.1 Å². The molecule has 0 aliphatic heterocycles. The second kappa shape index (κ2) is 10.2. The minimum absolute atomic E-state index is 0.172. The number of halogens is 6. The molecule has 0 bridgehead atoms. The van der Waals surface area contributed by atoms with Gasteiger partial charge in [-0.05, 0) is 53.7 Å². The van der Waals surface area contributed by atoms with Gasteiger partial charge in [-0.1, -0.05) is 0 Å². The van der Waals surface area contributed by atoms with Gasteiger partial charge >= 0.3 is 17.8 Å². The van der Waals surface area contributed by atoms with E-state index in [4.69, 9.17) is 0 Å². The minimum atomic E-state index is -5.53. The highest BCUT2D eigenvalue weighted by molar-refractivity contribution is 7.12. The molecule has 0 saturated carbocycles. The molecular formula is C25H34F6N2S2+2. The van der Waals surface area contributed by atoms with E-state index in [1.165, 1.54) is 34.8 Å². The molecule has 1 aliphatic carbocycles. The van der Waals surface area contributed by atoms with Gasteiger partial charge in [0, 0.05) is 32.0 Å². The van der Waals surface area contributed by atoms with Crippen LogP contribution in [0.5, 0.6) is 0 Å². The lowest BCUT2D eigenvalue weighted by molar-refractivity contribution is -0.910. The van der Waals surface area contributed by atoms with Crippen LogP contribution in [0.4, 0.5) is 26.3 Å². The Morgan fingerprint density at radius 3 is 1.23 bits per heavy atom. The summed E-state index contributed by atoms with van der Waals surface area (Å²) in [5.74, 6) is -15.6. The molecule has 2 nitrogen and oxygen atoms in total. The zero-order valence-corrected chi connectivity index (χ0v) is 22.6. The van der Waals surface area contributed by atoms with Crippen molar-refractivity contribution >= 4 is 33.8 Å². The van der Waals surface area contributed by atoms with Crippen LogP contribution in [0.1, 0.15) is 58.3 Å². The molecule has 3 rings (SSSR count). The van der Waals surface area contributed by atoms with E-state index in [9.17, 15) is 8.78 Å². The van der Waals surface area contributed by atoms with Crippen molar-refractivity contribution in [2.75, 3.05) is 26.2 Å². The van der Waals surface area contributed by atoms with Crippen molar-refractivity contribution in [1.82, 2.24) is 0 Å². The van der Waals surface area contributed by atoms with Crippen molar-refractivity contribution in [2.24, 2.45) is 0 Å². The Bertz CT molecular complexity index is 996. The van der Waals surface area contributed by atoms with Crippen LogP contribution in [-0.4, -0.2) is 43.9 Å². The zero-order valence-electron chi connectivity index (χ0n) is 21.0. The van der Waals surface area contributed by atoms with Crippen molar-refractivity contribution in [3.8, 4) is 0 Å². The van der Waals surface area contributed by atoms with Gasteiger partial charge in [-0.2, -0.15) is 26.3 Å². The van der Waals surface area contributed by atoms with Crippen molar-refractivity contribution < 1.29 is 36.1 Å². The molecule has 0 fully saturated rings. The van der Waals surface area contributed by atoms with E-state index in [-0.39, 0.29) is 11.1 Å². The summed E-state index contributed by atoms with van der Waals surface area (Å²) in [5.41, 5.74) is -2.78. The Morgan fingerprint density at radius 1 is 0.629 bits per heavy atom. The number of hydrogen-bond donors (Lipinski definition) is 2. The van der Waals surface area contributed by atoms with Gasteiger partial charge in [0.25, 0.3) is 0 Å². The monoisotopic (exact) mass is 540 g/mol. The number of allylic oxidation sites excluding steroid dienone is 2. The number of hydrogen-bond acceptors (Lipinski definition) is 2. The minimum Gasteiger partial charge on any atom is -0.331 e. The molecule has 2 heterocycles. The predicted molar refractivity (Wildman–Crippen MR) is 131 cm³/mol. The van der Waals surface area contributed by atoms with Crippen LogP contribution >= 0.6 is 22.7 Å². The van der Waals surface area contributed by atoms with Gasteiger partial charge < -0.3 is 9.80 Å². The van der Waals surface area contributed by atoms with Gasteiger partial charge in [-0.3, -0.25) is 0 Å². The molecule has 2 N–H and O–H groups in total. The van der Waals surface area contributed by atoms with Crippen molar-refractivity contribution in [3.05, 3.63) is 42.8 Å². The first-order chi connectivity index (χ1) is 16.3. The van der Waals surface area contributed by atoms with Crippen molar-refractivity contribution in [3.63, 3.8) is 0 Å². The summed E-state index contributed by atoms with van der Waals surface area (Å²) in [6.07, 6.45) is 0. The van der Waals surface area contributed by atoms with E-state index in [1.54, 1.807) is 13.8 Å². The molecule has 0 spiro atoms. The van der Waals surface area contributed by atoms with Gasteiger partial charge in [-0.25, -0.2) is 0 Å². The van der Waals surface area contributed by atoms with Crippen LogP contribution < -0.4 is 9.80 Å². The predicted octanol–water partition coefficient (Wildman–Crippen LogP) is 5.11. The largest absolute Gasteiger partial charge is 0.380 e. The Balaban J connectivity index is 2.35. The Labute approximate surface area is 211 Å². The fourth-order valence-corrected chi connectivity index (χ4v) is 6.92. The lowest BCUT2D eigenvalue weighted by atomic mass is 9.94. The van der Waals surface area contributed by atoms with Crippen LogP contribution in [0.3, 0.4) is 0 Å². The third-order valence-electron chi connectivity index (χ3n) is 6.89. The number of quaternary nitrogens is 2. The van der Waals surface area contributed by atoms with Crippen LogP contribution in [0.25, 0.3) is 11.1 Å². The van der Waals surface area contributed by atoms with E-state index < -0.39 is 28.9 Å². The average molecular weight is 541 g/mol. The summed E-state index contributed by atoms with van der Waals surface area (Å²) in [6.45, 7) is 14.5. The highest BCUT2D eigenvalue weighted by atomic mass is 32.1. The SMILES string of the molecule is CC[NH+](CC)Cc1sc(C)cc1C1=C(c2cc(C)sc2C[NH+](CC)CC)C(F)(F)C(F)(F)C1(F)F. The quantitative estimate of drug-likeness (QED) is 0.388. The highest BCUT2D eigenvalue weighted by Gasteiger charge is 2.80. The van der Waals surface area contributed by atoms with Crippen LogP contribution in [0.2, 0.25) is 0 Å². The number of aryl methyl sites for hydroxylation is 2. The Morgan fingerprint density at radius 2 is 0.943 bits per heavy atom. The van der Waals surface area contributed by atoms with Crippen LogP contribution in [-0.2, 0) is 13.1 Å². The van der Waals surface area contributed by atoms with Crippen molar-refractivity contribution in [1.29, 1.82) is 0 Å². The second-order valence-electron chi connectivity index (χ2n) is 9.13. The summed E-state index contributed by atoms with van der Waals surface area (Å²) in [6, 6.07) is 2.75. The third kappa shape index (κ3) is 4.71. The number of nitrogens with one attached hydrogen (secondary N) is 2. The van der Waals surface area contributed by atoms with Crippen LogP contribution in [0, 0.1) is 13.8 Å². The second-order valence-corrected chi connectivity index (χ2v) is 11.8. The molecule has 0 atom stereocenters. The molecule has 1 aliphatic rings. The van der Waals surface area contributed by atoms with Gasteiger partial charge in [0.05, 0.1) is 35.9 Å². The number of alkyl halides is 6. The summed E-state index contributed by atoms with van der Waals surface area (Å²) < 4.78 is 91.5. The Hall–Kier alpha value is -1.36. The molecule has 196 valence electrons. The molecule has 0 radical (unpaired) electrons. The molecular weight excluding hydrogens is 506 g/mol. The number of thiophene rings is 2. The first-order valence-electron chi connectivity index (χ1n) is 12.0. The summed E-state index contributed by atoms with van der Waals surface area (Å²) >= 11 is 2.41. The van der Waals surface area contributed by atoms with E-state index in [0.717, 1.165) is 9.80 Å². The third-order valence-corrected chi connectivity index (χ3v) is 8.99. The first kappa shape index (κ1) is 28.2. The molecule has 2 aromatic rings. The molecule has 0 amide bonds. The molecule has 10 heteroatoms. The average Bonchev–Trinajstić information content (AvgIpc) is 3.36. The first-order valence-corrected chi connectivity index (χ1v) is 13.6. The lowest BCUT2D eigenvalue weighted by Gasteiger charge is -2.26.